The SMILES string of the molecule is COC(=O)c1c(O)cccc1OC(=O)CCCCl. The highest BCUT2D eigenvalue weighted by Gasteiger charge is 2.19. The van der Waals surface area contributed by atoms with Gasteiger partial charge in [0, 0.05) is 12.3 Å². The van der Waals surface area contributed by atoms with E-state index in [9.17, 15) is 14.7 Å². The quantitative estimate of drug-likeness (QED) is 0.505. The number of esters is 2. The monoisotopic (exact) mass is 272 g/mol. The molecule has 0 aromatic heterocycles. The molecule has 0 radical (unpaired) electrons. The second-order valence-electron chi connectivity index (χ2n) is 3.41. The lowest BCUT2D eigenvalue weighted by atomic mass is 10.2. The highest BCUT2D eigenvalue weighted by Crippen LogP contribution is 2.28. The van der Waals surface area contributed by atoms with Crippen LogP contribution in [-0.2, 0) is 9.53 Å². The van der Waals surface area contributed by atoms with Crippen molar-refractivity contribution in [1.82, 2.24) is 0 Å². The second kappa shape index (κ2) is 6.86. The van der Waals surface area contributed by atoms with E-state index in [1.54, 1.807) is 0 Å². The number of halogens is 1. The Labute approximate surface area is 109 Å². The lowest BCUT2D eigenvalue weighted by molar-refractivity contribution is -0.134. The van der Waals surface area contributed by atoms with Crippen LogP contribution in [0.4, 0.5) is 0 Å². The van der Waals surface area contributed by atoms with Gasteiger partial charge in [-0.05, 0) is 18.6 Å². The number of carbonyl (C=O) groups excluding carboxylic acids is 2. The summed E-state index contributed by atoms with van der Waals surface area (Å²) in [5.74, 6) is -1.27. The lowest BCUT2D eigenvalue weighted by Gasteiger charge is -2.09. The minimum atomic E-state index is -0.770. The van der Waals surface area contributed by atoms with Crippen LogP contribution in [0.25, 0.3) is 0 Å². The van der Waals surface area contributed by atoms with E-state index < -0.39 is 11.9 Å². The third kappa shape index (κ3) is 3.63. The number of hydrogen-bond donors (Lipinski definition) is 1. The van der Waals surface area contributed by atoms with E-state index in [2.05, 4.69) is 4.74 Å². The molecule has 6 heteroatoms. The normalized spacial score (nSPS) is 9.89. The first-order valence-corrected chi connectivity index (χ1v) is 5.80. The van der Waals surface area contributed by atoms with Crippen LogP contribution in [0.1, 0.15) is 23.2 Å². The molecule has 0 saturated heterocycles. The highest BCUT2D eigenvalue weighted by molar-refractivity contribution is 6.17. The fourth-order valence-electron chi connectivity index (χ4n) is 1.30. The zero-order valence-corrected chi connectivity index (χ0v) is 10.6. The fraction of sp³-hybridized carbons (Fsp3) is 0.333. The van der Waals surface area contributed by atoms with Crippen molar-refractivity contribution in [1.29, 1.82) is 0 Å². The lowest BCUT2D eigenvalue weighted by Crippen LogP contribution is -2.12. The maximum Gasteiger partial charge on any atom is 0.345 e. The van der Waals surface area contributed by atoms with Crippen molar-refractivity contribution in [3.8, 4) is 11.5 Å². The summed E-state index contributed by atoms with van der Waals surface area (Å²) in [7, 11) is 1.17. The molecule has 1 aromatic rings. The Bertz CT molecular complexity index is 444. The molecule has 18 heavy (non-hydrogen) atoms. The minimum Gasteiger partial charge on any atom is -0.507 e. The van der Waals surface area contributed by atoms with E-state index in [0.29, 0.717) is 12.3 Å². The van der Waals surface area contributed by atoms with Crippen molar-refractivity contribution in [3.05, 3.63) is 23.8 Å². The molecule has 1 aromatic carbocycles. The molecular formula is C12H13ClO5. The molecule has 1 rings (SSSR count). The summed E-state index contributed by atoms with van der Waals surface area (Å²) in [4.78, 5) is 22.9. The highest BCUT2D eigenvalue weighted by atomic mass is 35.5. The first-order chi connectivity index (χ1) is 8.60. The van der Waals surface area contributed by atoms with E-state index in [0.717, 1.165) is 0 Å². The van der Waals surface area contributed by atoms with Crippen LogP contribution >= 0.6 is 11.6 Å². The molecule has 0 bridgehead atoms. The number of phenolic OH excluding ortho intramolecular Hbond substituents is 1. The molecule has 0 aliphatic carbocycles. The molecule has 0 fully saturated rings. The van der Waals surface area contributed by atoms with Gasteiger partial charge in [0.15, 0.2) is 0 Å². The third-order valence-corrected chi connectivity index (χ3v) is 2.40. The molecule has 5 nitrogen and oxygen atoms in total. The Morgan fingerprint density at radius 3 is 2.72 bits per heavy atom. The number of alkyl halides is 1. The molecular weight excluding hydrogens is 260 g/mol. The number of phenols is 1. The van der Waals surface area contributed by atoms with E-state index in [-0.39, 0.29) is 23.5 Å². The summed E-state index contributed by atoms with van der Waals surface area (Å²) < 4.78 is 9.50. The number of carbonyl (C=O) groups is 2. The molecule has 0 unspecified atom stereocenters. The van der Waals surface area contributed by atoms with Crippen molar-refractivity contribution in [2.45, 2.75) is 12.8 Å². The Kier molecular flexibility index (Phi) is 5.45. The van der Waals surface area contributed by atoms with Gasteiger partial charge in [0.2, 0.25) is 0 Å². The summed E-state index contributed by atoms with van der Waals surface area (Å²) >= 11 is 5.46. The molecule has 0 spiro atoms. The molecule has 0 atom stereocenters. The number of methoxy groups -OCH3 is 1. The van der Waals surface area contributed by atoms with Gasteiger partial charge in [0.25, 0.3) is 0 Å². The number of benzene rings is 1. The minimum absolute atomic E-state index is 0.0265. The van der Waals surface area contributed by atoms with Gasteiger partial charge in [0.05, 0.1) is 7.11 Å². The van der Waals surface area contributed by atoms with E-state index in [1.807, 2.05) is 0 Å². The second-order valence-corrected chi connectivity index (χ2v) is 3.79. The fourth-order valence-corrected chi connectivity index (χ4v) is 1.43. The van der Waals surface area contributed by atoms with Crippen LogP contribution in [0.5, 0.6) is 11.5 Å². The van der Waals surface area contributed by atoms with Gasteiger partial charge in [-0.3, -0.25) is 4.79 Å². The summed E-state index contributed by atoms with van der Waals surface area (Å²) in [6.45, 7) is 0. The molecule has 0 heterocycles. The Balaban J connectivity index is 2.91. The standard InChI is InChI=1S/C12H13ClO5/c1-17-12(16)11-8(14)4-2-5-9(11)18-10(15)6-3-7-13/h2,4-5,14H,3,6-7H2,1H3. The average molecular weight is 273 g/mol. The first-order valence-electron chi connectivity index (χ1n) is 5.27. The molecule has 0 amide bonds. The molecule has 0 aliphatic heterocycles. The van der Waals surface area contributed by atoms with Gasteiger partial charge in [0.1, 0.15) is 17.1 Å². The van der Waals surface area contributed by atoms with Gasteiger partial charge in [-0.1, -0.05) is 6.07 Å². The zero-order valence-electron chi connectivity index (χ0n) is 9.81. The average Bonchev–Trinajstić information content (AvgIpc) is 2.35. The van der Waals surface area contributed by atoms with Crippen LogP contribution in [-0.4, -0.2) is 30.0 Å². The molecule has 98 valence electrons. The largest absolute Gasteiger partial charge is 0.507 e. The Hall–Kier alpha value is -1.75. The van der Waals surface area contributed by atoms with Gasteiger partial charge < -0.3 is 14.6 Å². The number of rotatable bonds is 5. The Morgan fingerprint density at radius 2 is 2.11 bits per heavy atom. The summed E-state index contributed by atoms with van der Waals surface area (Å²) in [5.41, 5.74) is -0.167. The van der Waals surface area contributed by atoms with Crippen LogP contribution in [0.15, 0.2) is 18.2 Å². The third-order valence-electron chi connectivity index (χ3n) is 2.13. The van der Waals surface area contributed by atoms with Crippen molar-refractivity contribution in [2.75, 3.05) is 13.0 Å². The van der Waals surface area contributed by atoms with E-state index in [1.165, 1.54) is 25.3 Å². The molecule has 0 saturated carbocycles. The maximum atomic E-state index is 11.5. The maximum absolute atomic E-state index is 11.5. The van der Waals surface area contributed by atoms with E-state index >= 15 is 0 Å². The van der Waals surface area contributed by atoms with Gasteiger partial charge in [-0.2, -0.15) is 0 Å². The number of aromatic hydroxyl groups is 1. The van der Waals surface area contributed by atoms with E-state index in [4.69, 9.17) is 16.3 Å². The van der Waals surface area contributed by atoms with Crippen molar-refractivity contribution in [3.63, 3.8) is 0 Å². The molecule has 1 N–H and O–H groups in total. The van der Waals surface area contributed by atoms with Crippen LogP contribution in [0, 0.1) is 0 Å². The zero-order chi connectivity index (χ0) is 13.5. The van der Waals surface area contributed by atoms with Gasteiger partial charge in [-0.25, -0.2) is 4.79 Å². The number of ether oxygens (including phenoxy) is 2. The molecule has 0 aliphatic rings. The summed E-state index contributed by atoms with van der Waals surface area (Å²) in [6, 6.07) is 4.18. The summed E-state index contributed by atoms with van der Waals surface area (Å²) in [5, 5.41) is 9.57. The topological polar surface area (TPSA) is 72.8 Å². The predicted octanol–water partition coefficient (Wildman–Crippen LogP) is 2.10. The van der Waals surface area contributed by atoms with Crippen molar-refractivity contribution >= 4 is 23.5 Å². The number of hydrogen-bond acceptors (Lipinski definition) is 5. The van der Waals surface area contributed by atoms with Crippen molar-refractivity contribution in [2.24, 2.45) is 0 Å². The van der Waals surface area contributed by atoms with Gasteiger partial charge in [-0.15, -0.1) is 11.6 Å². The van der Waals surface area contributed by atoms with Crippen LogP contribution in [0.3, 0.4) is 0 Å². The smallest absolute Gasteiger partial charge is 0.345 e. The Morgan fingerprint density at radius 1 is 1.39 bits per heavy atom. The summed E-state index contributed by atoms with van der Waals surface area (Å²) in [6.07, 6.45) is 0.618. The van der Waals surface area contributed by atoms with Crippen molar-refractivity contribution < 1.29 is 24.2 Å². The predicted molar refractivity (Wildman–Crippen MR) is 65.0 cm³/mol. The van der Waals surface area contributed by atoms with Gasteiger partial charge >= 0.3 is 11.9 Å². The van der Waals surface area contributed by atoms with Crippen LogP contribution < -0.4 is 4.74 Å². The first kappa shape index (κ1) is 14.3. The van der Waals surface area contributed by atoms with Crippen LogP contribution in [0.2, 0.25) is 0 Å².